The molecule has 0 spiro atoms. The monoisotopic (exact) mass is 152 g/mol. The van der Waals surface area contributed by atoms with Gasteiger partial charge in [-0.15, -0.1) is 0 Å². The molecule has 0 aromatic carbocycles. The van der Waals surface area contributed by atoms with E-state index in [0.29, 0.717) is 12.5 Å². The van der Waals surface area contributed by atoms with Crippen LogP contribution in [0.25, 0.3) is 0 Å². The van der Waals surface area contributed by atoms with Gasteiger partial charge in [0.25, 0.3) is 0 Å². The third kappa shape index (κ3) is 1.12. The van der Waals surface area contributed by atoms with Crippen molar-refractivity contribution in [2.75, 3.05) is 6.61 Å². The zero-order chi connectivity index (χ0) is 7.84. The van der Waals surface area contributed by atoms with Gasteiger partial charge in [-0.1, -0.05) is 18.6 Å². The summed E-state index contributed by atoms with van der Waals surface area (Å²) in [6, 6.07) is 0. The number of hydrogen-bond acceptors (Lipinski definition) is 1. The standard InChI is InChI=1S/C10H16O/c1-7(6-11)10-5-8-2-3-9(10)4-8/h5,7-9,11H,2-4,6H2,1H3. The minimum atomic E-state index is 0.328. The van der Waals surface area contributed by atoms with E-state index < -0.39 is 0 Å². The molecule has 2 aliphatic carbocycles. The van der Waals surface area contributed by atoms with E-state index in [-0.39, 0.29) is 0 Å². The van der Waals surface area contributed by atoms with Crippen LogP contribution in [0.2, 0.25) is 0 Å². The van der Waals surface area contributed by atoms with E-state index in [1.807, 2.05) is 0 Å². The minimum Gasteiger partial charge on any atom is -0.396 e. The van der Waals surface area contributed by atoms with Crippen molar-refractivity contribution in [3.63, 3.8) is 0 Å². The number of hydrogen-bond donors (Lipinski definition) is 1. The summed E-state index contributed by atoms with van der Waals surface area (Å²) in [5, 5.41) is 8.98. The summed E-state index contributed by atoms with van der Waals surface area (Å²) in [4.78, 5) is 0. The maximum Gasteiger partial charge on any atom is 0.0493 e. The zero-order valence-corrected chi connectivity index (χ0v) is 7.09. The molecular formula is C10H16O. The van der Waals surface area contributed by atoms with Gasteiger partial charge in [0.05, 0.1) is 0 Å². The van der Waals surface area contributed by atoms with Crippen LogP contribution in [0.15, 0.2) is 11.6 Å². The van der Waals surface area contributed by atoms with E-state index >= 15 is 0 Å². The van der Waals surface area contributed by atoms with E-state index in [9.17, 15) is 0 Å². The van der Waals surface area contributed by atoms with Crippen molar-refractivity contribution < 1.29 is 5.11 Å². The van der Waals surface area contributed by atoms with Gasteiger partial charge in [0.1, 0.15) is 0 Å². The zero-order valence-electron chi connectivity index (χ0n) is 7.09. The molecule has 1 nitrogen and oxygen atoms in total. The quantitative estimate of drug-likeness (QED) is 0.600. The topological polar surface area (TPSA) is 20.2 Å². The van der Waals surface area contributed by atoms with Crippen molar-refractivity contribution in [2.24, 2.45) is 17.8 Å². The predicted octanol–water partition coefficient (Wildman–Crippen LogP) is 1.97. The molecule has 1 heteroatoms. The van der Waals surface area contributed by atoms with Crippen molar-refractivity contribution in [1.82, 2.24) is 0 Å². The summed E-state index contributed by atoms with van der Waals surface area (Å²) in [7, 11) is 0. The molecule has 1 saturated carbocycles. The first-order valence-corrected chi connectivity index (χ1v) is 4.63. The van der Waals surface area contributed by atoms with Crippen molar-refractivity contribution in [2.45, 2.75) is 26.2 Å². The Morgan fingerprint density at radius 2 is 2.45 bits per heavy atom. The van der Waals surface area contributed by atoms with Crippen LogP contribution in [0.1, 0.15) is 26.2 Å². The van der Waals surface area contributed by atoms with Crippen molar-refractivity contribution in [1.29, 1.82) is 0 Å². The first-order chi connectivity index (χ1) is 5.31. The Kier molecular flexibility index (Phi) is 1.76. The van der Waals surface area contributed by atoms with Crippen molar-refractivity contribution in [3.05, 3.63) is 11.6 Å². The second-order valence-electron chi connectivity index (χ2n) is 4.02. The lowest BCUT2D eigenvalue weighted by Crippen LogP contribution is -2.10. The summed E-state index contributed by atoms with van der Waals surface area (Å²) in [6.07, 6.45) is 6.56. The lowest BCUT2D eigenvalue weighted by molar-refractivity contribution is 0.248. The highest BCUT2D eigenvalue weighted by atomic mass is 16.3. The van der Waals surface area contributed by atoms with Crippen LogP contribution >= 0.6 is 0 Å². The first-order valence-electron chi connectivity index (χ1n) is 4.63. The van der Waals surface area contributed by atoms with Crippen LogP contribution < -0.4 is 0 Å². The molecule has 3 atom stereocenters. The summed E-state index contributed by atoms with van der Waals surface area (Å²) < 4.78 is 0. The molecule has 3 unspecified atom stereocenters. The number of allylic oxidation sites excluding steroid dienone is 1. The molecule has 0 aromatic rings. The van der Waals surface area contributed by atoms with E-state index in [2.05, 4.69) is 13.0 Å². The van der Waals surface area contributed by atoms with Crippen LogP contribution in [0.5, 0.6) is 0 Å². The van der Waals surface area contributed by atoms with E-state index in [0.717, 1.165) is 11.8 Å². The average Bonchev–Trinajstić information content (AvgIpc) is 2.62. The molecule has 1 N–H and O–H groups in total. The van der Waals surface area contributed by atoms with E-state index in [4.69, 9.17) is 5.11 Å². The van der Waals surface area contributed by atoms with Crippen molar-refractivity contribution >= 4 is 0 Å². The van der Waals surface area contributed by atoms with Gasteiger partial charge in [-0.25, -0.2) is 0 Å². The average molecular weight is 152 g/mol. The SMILES string of the molecule is CC(CO)C1=CC2CCC1C2. The molecule has 0 heterocycles. The molecular weight excluding hydrogens is 136 g/mol. The van der Waals surface area contributed by atoms with Gasteiger partial charge in [-0.3, -0.25) is 0 Å². The molecule has 0 aromatic heterocycles. The van der Waals surface area contributed by atoms with Gasteiger partial charge in [0.2, 0.25) is 0 Å². The highest BCUT2D eigenvalue weighted by Gasteiger charge is 2.34. The smallest absolute Gasteiger partial charge is 0.0493 e. The molecule has 0 amide bonds. The molecule has 1 fully saturated rings. The second kappa shape index (κ2) is 2.63. The molecule has 0 radical (unpaired) electrons. The Labute approximate surface area is 68.1 Å². The highest BCUT2D eigenvalue weighted by molar-refractivity contribution is 5.21. The summed E-state index contributed by atoms with van der Waals surface area (Å²) in [5.74, 6) is 2.12. The lowest BCUT2D eigenvalue weighted by Gasteiger charge is -2.18. The van der Waals surface area contributed by atoms with Gasteiger partial charge in [0, 0.05) is 12.5 Å². The van der Waals surface area contributed by atoms with Gasteiger partial charge in [-0.05, 0) is 31.1 Å². The van der Waals surface area contributed by atoms with Gasteiger partial charge in [-0.2, -0.15) is 0 Å². The fourth-order valence-electron chi connectivity index (χ4n) is 2.55. The fraction of sp³-hybridized carbons (Fsp3) is 0.800. The Bertz CT molecular complexity index is 183. The second-order valence-corrected chi connectivity index (χ2v) is 4.02. The van der Waals surface area contributed by atoms with Crippen LogP contribution in [0.3, 0.4) is 0 Å². The van der Waals surface area contributed by atoms with Gasteiger partial charge in [0.15, 0.2) is 0 Å². The molecule has 0 saturated heterocycles. The lowest BCUT2D eigenvalue weighted by atomic mass is 9.89. The number of aliphatic hydroxyl groups is 1. The van der Waals surface area contributed by atoms with Crippen LogP contribution in [0, 0.1) is 17.8 Å². The maximum atomic E-state index is 8.98. The number of aliphatic hydroxyl groups excluding tert-OH is 1. The predicted molar refractivity (Wildman–Crippen MR) is 45.2 cm³/mol. The Hall–Kier alpha value is -0.300. The Balaban J connectivity index is 2.10. The van der Waals surface area contributed by atoms with Crippen LogP contribution in [0.4, 0.5) is 0 Å². The van der Waals surface area contributed by atoms with Gasteiger partial charge >= 0.3 is 0 Å². The number of rotatable bonds is 2. The number of fused-ring (bicyclic) bond motifs is 2. The van der Waals surface area contributed by atoms with Crippen molar-refractivity contribution in [3.8, 4) is 0 Å². The molecule has 0 aliphatic heterocycles. The third-order valence-corrected chi connectivity index (χ3v) is 3.22. The van der Waals surface area contributed by atoms with Crippen LogP contribution in [-0.2, 0) is 0 Å². The maximum absolute atomic E-state index is 8.98. The normalized spacial score (nSPS) is 37.5. The molecule has 2 aliphatic rings. The van der Waals surface area contributed by atoms with E-state index in [1.54, 1.807) is 5.57 Å². The fourth-order valence-corrected chi connectivity index (χ4v) is 2.55. The molecule has 2 bridgehead atoms. The summed E-state index contributed by atoms with van der Waals surface area (Å²) >= 11 is 0. The van der Waals surface area contributed by atoms with Gasteiger partial charge < -0.3 is 5.11 Å². The first kappa shape index (κ1) is 7.35. The van der Waals surface area contributed by atoms with E-state index in [1.165, 1.54) is 19.3 Å². The molecule has 11 heavy (non-hydrogen) atoms. The van der Waals surface area contributed by atoms with Crippen LogP contribution in [-0.4, -0.2) is 11.7 Å². The summed E-state index contributed by atoms with van der Waals surface area (Å²) in [6.45, 7) is 2.46. The highest BCUT2D eigenvalue weighted by Crippen LogP contribution is 2.46. The molecule has 2 rings (SSSR count). The largest absolute Gasteiger partial charge is 0.396 e. The Morgan fingerprint density at radius 3 is 2.91 bits per heavy atom. The minimum absolute atomic E-state index is 0.328. The molecule has 62 valence electrons. The Morgan fingerprint density at radius 1 is 1.64 bits per heavy atom. The summed E-state index contributed by atoms with van der Waals surface area (Å²) in [5.41, 5.74) is 1.55. The third-order valence-electron chi connectivity index (χ3n) is 3.22.